The van der Waals surface area contributed by atoms with Gasteiger partial charge in [-0.3, -0.25) is 4.79 Å². The summed E-state index contributed by atoms with van der Waals surface area (Å²) in [6.45, 7) is 0. The molecule has 1 unspecified atom stereocenters. The van der Waals surface area contributed by atoms with Crippen molar-refractivity contribution in [1.82, 2.24) is 0 Å². The van der Waals surface area contributed by atoms with Crippen LogP contribution in [0.5, 0.6) is 0 Å². The molecule has 1 atom stereocenters. The van der Waals surface area contributed by atoms with Crippen molar-refractivity contribution in [3.63, 3.8) is 0 Å². The smallest absolute Gasteiger partial charge is 0.320 e. The van der Waals surface area contributed by atoms with E-state index in [9.17, 15) is 13.6 Å². The van der Waals surface area contributed by atoms with Crippen molar-refractivity contribution in [2.24, 2.45) is 5.73 Å². The molecule has 0 saturated heterocycles. The fourth-order valence-electron chi connectivity index (χ4n) is 1.05. The third-order valence-corrected chi connectivity index (χ3v) is 2.48. The van der Waals surface area contributed by atoms with Crippen LogP contribution in [-0.2, 0) is 11.2 Å². The van der Waals surface area contributed by atoms with Crippen LogP contribution in [-0.4, -0.2) is 17.1 Å². The van der Waals surface area contributed by atoms with Crippen LogP contribution in [0, 0.1) is 11.6 Å². The molecular weight excluding hydrogens is 272 g/mol. The topological polar surface area (TPSA) is 63.3 Å². The number of hydrogen-bond acceptors (Lipinski definition) is 2. The van der Waals surface area contributed by atoms with E-state index < -0.39 is 23.6 Å². The number of carbonyl (C=O) groups is 1. The quantitative estimate of drug-likeness (QED) is 0.828. The maximum absolute atomic E-state index is 13.2. The van der Waals surface area contributed by atoms with E-state index in [0.29, 0.717) is 0 Å². The molecule has 0 radical (unpaired) electrons. The van der Waals surface area contributed by atoms with Crippen molar-refractivity contribution in [3.05, 3.63) is 33.8 Å². The highest BCUT2D eigenvalue weighted by molar-refractivity contribution is 9.10. The zero-order valence-electron chi connectivity index (χ0n) is 7.51. The van der Waals surface area contributed by atoms with Gasteiger partial charge in [0.1, 0.15) is 6.04 Å². The lowest BCUT2D eigenvalue weighted by Gasteiger charge is -2.08. The lowest BCUT2D eigenvalue weighted by Crippen LogP contribution is -2.32. The van der Waals surface area contributed by atoms with Crippen molar-refractivity contribution in [2.45, 2.75) is 12.5 Å². The molecule has 6 heteroatoms. The summed E-state index contributed by atoms with van der Waals surface area (Å²) in [5, 5.41) is 8.51. The van der Waals surface area contributed by atoms with Gasteiger partial charge >= 0.3 is 5.97 Å². The Hall–Kier alpha value is -1.01. The molecule has 0 fully saturated rings. The summed E-state index contributed by atoms with van der Waals surface area (Å²) in [6.07, 6.45) is -0.245. The van der Waals surface area contributed by atoms with Crippen LogP contribution >= 0.6 is 15.9 Å². The molecule has 0 aliphatic heterocycles. The maximum atomic E-state index is 13.2. The average Bonchev–Trinajstić information content (AvgIpc) is 2.18. The highest BCUT2D eigenvalue weighted by Crippen LogP contribution is 2.21. The van der Waals surface area contributed by atoms with E-state index in [0.717, 1.165) is 0 Å². The van der Waals surface area contributed by atoms with E-state index >= 15 is 0 Å². The average molecular weight is 280 g/mol. The first-order chi connectivity index (χ1) is 6.93. The van der Waals surface area contributed by atoms with Crippen LogP contribution < -0.4 is 5.73 Å². The van der Waals surface area contributed by atoms with Gasteiger partial charge in [0.25, 0.3) is 0 Å². The van der Waals surface area contributed by atoms with Gasteiger partial charge in [-0.15, -0.1) is 0 Å². The minimum Gasteiger partial charge on any atom is -0.480 e. The number of benzene rings is 1. The Kier molecular flexibility index (Phi) is 3.76. The number of rotatable bonds is 3. The Bertz CT molecular complexity index is 398. The normalized spacial score (nSPS) is 12.5. The highest BCUT2D eigenvalue weighted by atomic mass is 79.9. The molecule has 3 nitrogen and oxygen atoms in total. The lowest BCUT2D eigenvalue weighted by atomic mass is 10.1. The maximum Gasteiger partial charge on any atom is 0.320 e. The van der Waals surface area contributed by atoms with Crippen molar-refractivity contribution >= 4 is 21.9 Å². The highest BCUT2D eigenvalue weighted by Gasteiger charge is 2.17. The minimum absolute atomic E-state index is 0.00681. The molecule has 1 aromatic carbocycles. The largest absolute Gasteiger partial charge is 0.480 e. The molecule has 0 aromatic heterocycles. The monoisotopic (exact) mass is 279 g/mol. The van der Waals surface area contributed by atoms with Crippen molar-refractivity contribution in [3.8, 4) is 0 Å². The molecule has 0 amide bonds. The summed E-state index contributed by atoms with van der Waals surface area (Å²) in [4.78, 5) is 10.4. The minimum atomic E-state index is -1.25. The molecular formula is C9H8BrF2NO2. The van der Waals surface area contributed by atoms with Gasteiger partial charge in [0.05, 0.1) is 4.47 Å². The fraction of sp³-hybridized carbons (Fsp3) is 0.222. The summed E-state index contributed by atoms with van der Waals surface area (Å²) in [7, 11) is 0. The summed E-state index contributed by atoms with van der Waals surface area (Å²) in [6, 6.07) is 1.37. The van der Waals surface area contributed by atoms with Gasteiger partial charge in [-0.05, 0) is 27.6 Å². The summed E-state index contributed by atoms with van der Waals surface area (Å²) in [5.74, 6) is -3.36. The Morgan fingerprint density at radius 3 is 2.60 bits per heavy atom. The van der Waals surface area contributed by atoms with Crippen molar-refractivity contribution < 1.29 is 18.7 Å². The number of carboxylic acids is 1. The van der Waals surface area contributed by atoms with E-state index in [4.69, 9.17) is 10.8 Å². The summed E-state index contributed by atoms with van der Waals surface area (Å²) in [5.41, 5.74) is 5.15. The molecule has 1 rings (SSSR count). The zero-order chi connectivity index (χ0) is 11.6. The second-order valence-electron chi connectivity index (χ2n) is 2.98. The first-order valence-corrected chi connectivity index (χ1v) is 4.83. The molecule has 0 saturated carbocycles. The van der Waals surface area contributed by atoms with Gasteiger partial charge in [-0.1, -0.05) is 6.07 Å². The van der Waals surface area contributed by atoms with Gasteiger partial charge < -0.3 is 10.8 Å². The predicted molar refractivity (Wildman–Crippen MR) is 53.4 cm³/mol. The van der Waals surface area contributed by atoms with E-state index in [1.807, 2.05) is 0 Å². The molecule has 3 N–H and O–H groups in total. The van der Waals surface area contributed by atoms with Crippen LogP contribution in [0.15, 0.2) is 16.6 Å². The van der Waals surface area contributed by atoms with Gasteiger partial charge in [0.2, 0.25) is 0 Å². The van der Waals surface area contributed by atoms with Crippen molar-refractivity contribution in [2.75, 3.05) is 0 Å². The number of nitrogens with two attached hydrogens (primary N) is 1. The Balaban J connectivity index is 2.97. The van der Waals surface area contributed by atoms with Gasteiger partial charge in [0.15, 0.2) is 11.6 Å². The molecule has 82 valence electrons. The van der Waals surface area contributed by atoms with Crippen LogP contribution in [0.25, 0.3) is 0 Å². The predicted octanol–water partition coefficient (Wildman–Crippen LogP) is 1.68. The first-order valence-electron chi connectivity index (χ1n) is 4.04. The third kappa shape index (κ3) is 2.73. The molecule has 0 aliphatic rings. The second-order valence-corrected chi connectivity index (χ2v) is 3.84. The molecule has 15 heavy (non-hydrogen) atoms. The standard InChI is InChI=1S/C9H8BrF2NO2/c10-5-2-1-4(7(11)8(5)12)3-6(13)9(14)15/h1-2,6H,3,13H2,(H,14,15). The molecule has 0 heterocycles. The number of halogens is 3. The summed E-state index contributed by atoms with van der Waals surface area (Å²) >= 11 is 2.81. The number of aliphatic carboxylic acids is 1. The third-order valence-electron chi connectivity index (χ3n) is 1.87. The zero-order valence-corrected chi connectivity index (χ0v) is 9.09. The van der Waals surface area contributed by atoms with Gasteiger partial charge in [0, 0.05) is 6.42 Å². The van der Waals surface area contributed by atoms with Crippen LogP contribution in [0.1, 0.15) is 5.56 Å². The van der Waals surface area contributed by atoms with E-state index in [1.54, 1.807) is 0 Å². The second kappa shape index (κ2) is 4.67. The lowest BCUT2D eigenvalue weighted by molar-refractivity contribution is -0.138. The number of carboxylic acid groups (broad SMARTS) is 1. The Morgan fingerprint density at radius 2 is 2.07 bits per heavy atom. The number of hydrogen-bond donors (Lipinski definition) is 2. The SMILES string of the molecule is NC(Cc1ccc(Br)c(F)c1F)C(=O)O. The van der Waals surface area contributed by atoms with E-state index in [-0.39, 0.29) is 16.5 Å². The van der Waals surface area contributed by atoms with Crippen LogP contribution in [0.4, 0.5) is 8.78 Å². The van der Waals surface area contributed by atoms with E-state index in [2.05, 4.69) is 15.9 Å². The molecule has 0 aliphatic carbocycles. The molecule has 0 bridgehead atoms. The van der Waals surface area contributed by atoms with Crippen LogP contribution in [0.2, 0.25) is 0 Å². The Labute approximate surface area is 93.0 Å². The fourth-order valence-corrected chi connectivity index (χ4v) is 1.35. The Morgan fingerprint density at radius 1 is 1.47 bits per heavy atom. The van der Waals surface area contributed by atoms with Crippen LogP contribution in [0.3, 0.4) is 0 Å². The van der Waals surface area contributed by atoms with E-state index in [1.165, 1.54) is 12.1 Å². The molecule has 0 spiro atoms. The van der Waals surface area contributed by atoms with Gasteiger partial charge in [-0.2, -0.15) is 0 Å². The molecule has 1 aromatic rings. The first kappa shape index (κ1) is 12.1. The van der Waals surface area contributed by atoms with Crippen molar-refractivity contribution in [1.29, 1.82) is 0 Å². The summed E-state index contributed by atoms with van der Waals surface area (Å²) < 4.78 is 26.3. The van der Waals surface area contributed by atoms with Gasteiger partial charge in [-0.25, -0.2) is 8.78 Å².